The van der Waals surface area contributed by atoms with Gasteiger partial charge in [-0.3, -0.25) is 0 Å². The smallest absolute Gasteiger partial charge is 0.319 e. The summed E-state index contributed by atoms with van der Waals surface area (Å²) in [6.07, 6.45) is 3.58. The highest BCUT2D eigenvalue weighted by molar-refractivity contribution is 5.86. The van der Waals surface area contributed by atoms with Gasteiger partial charge in [0.15, 0.2) is 0 Å². The Morgan fingerprint density at radius 3 is 2.57 bits per heavy atom. The van der Waals surface area contributed by atoms with Crippen molar-refractivity contribution >= 4 is 22.8 Å². The molecular formula is C22H25N5O. The number of nitrogens with zero attached hydrogens (tertiary/aromatic N) is 4. The van der Waals surface area contributed by atoms with Gasteiger partial charge in [-0.2, -0.15) is 0 Å². The van der Waals surface area contributed by atoms with Gasteiger partial charge in [0.1, 0.15) is 0 Å². The Balaban J connectivity index is 1.45. The number of benzene rings is 2. The van der Waals surface area contributed by atoms with Gasteiger partial charge in [0, 0.05) is 45.0 Å². The number of amides is 2. The minimum absolute atomic E-state index is 0.0769. The van der Waals surface area contributed by atoms with Gasteiger partial charge in [-0.15, -0.1) is 0 Å². The van der Waals surface area contributed by atoms with Crippen LogP contribution in [0.5, 0.6) is 0 Å². The van der Waals surface area contributed by atoms with E-state index in [1.54, 1.807) is 25.2 Å². The first-order valence-electron chi connectivity index (χ1n) is 9.65. The molecule has 0 spiro atoms. The van der Waals surface area contributed by atoms with E-state index < -0.39 is 0 Å². The van der Waals surface area contributed by atoms with E-state index >= 15 is 0 Å². The van der Waals surface area contributed by atoms with Gasteiger partial charge in [-0.05, 0) is 35.7 Å². The third kappa shape index (κ3) is 3.91. The fraction of sp³-hybridized carbons (Fsp3) is 0.318. The Bertz CT molecular complexity index is 979. The lowest BCUT2D eigenvalue weighted by molar-refractivity contribution is 0.158. The van der Waals surface area contributed by atoms with Crippen molar-refractivity contribution in [3.05, 3.63) is 54.7 Å². The van der Waals surface area contributed by atoms with E-state index in [9.17, 15) is 4.79 Å². The van der Waals surface area contributed by atoms with E-state index in [0.717, 1.165) is 37.2 Å². The van der Waals surface area contributed by atoms with Gasteiger partial charge in [-0.25, -0.2) is 14.8 Å². The first-order valence-corrected chi connectivity index (χ1v) is 9.65. The zero-order valence-corrected chi connectivity index (χ0v) is 16.3. The van der Waals surface area contributed by atoms with Crippen LogP contribution in [0, 0.1) is 0 Å². The first-order chi connectivity index (χ1) is 13.6. The van der Waals surface area contributed by atoms with Crippen molar-refractivity contribution in [2.45, 2.75) is 18.9 Å². The first kappa shape index (κ1) is 18.2. The molecule has 3 aromatic rings. The minimum atomic E-state index is 0.0769. The van der Waals surface area contributed by atoms with E-state index in [1.165, 1.54) is 10.8 Å². The molecule has 6 heteroatoms. The van der Waals surface area contributed by atoms with Crippen molar-refractivity contribution < 1.29 is 4.79 Å². The Hall–Kier alpha value is -3.15. The Morgan fingerprint density at radius 1 is 1.07 bits per heavy atom. The molecule has 1 aliphatic rings. The van der Waals surface area contributed by atoms with Crippen LogP contribution in [-0.4, -0.2) is 59.0 Å². The summed E-state index contributed by atoms with van der Waals surface area (Å²) in [6, 6.07) is 17.0. The van der Waals surface area contributed by atoms with Crippen LogP contribution in [0.2, 0.25) is 0 Å². The highest BCUT2D eigenvalue weighted by Gasteiger charge is 2.24. The number of carbonyl (C=O) groups is 1. The standard InChI is InChI=1S/C22H25N5O/c1-26(2)22(28)27-13-10-19(11-14-27)24-21-23-12-9-20(25-21)18-8-7-16-5-3-4-6-17(16)15-18/h3-9,12,15,19H,10-11,13-14H2,1-2H3,(H,23,24,25). The topological polar surface area (TPSA) is 61.4 Å². The summed E-state index contributed by atoms with van der Waals surface area (Å²) in [4.78, 5) is 24.7. The van der Waals surface area contributed by atoms with Gasteiger partial charge >= 0.3 is 6.03 Å². The monoisotopic (exact) mass is 375 g/mol. The summed E-state index contributed by atoms with van der Waals surface area (Å²) in [5, 5.41) is 5.86. The summed E-state index contributed by atoms with van der Waals surface area (Å²) >= 11 is 0. The molecule has 2 amide bonds. The molecule has 1 fully saturated rings. The summed E-state index contributed by atoms with van der Waals surface area (Å²) in [7, 11) is 3.58. The SMILES string of the molecule is CN(C)C(=O)N1CCC(Nc2nccc(-c3ccc4ccccc4c3)n2)CC1. The molecule has 0 radical (unpaired) electrons. The average molecular weight is 375 g/mol. The molecule has 1 saturated heterocycles. The van der Waals surface area contributed by atoms with E-state index in [-0.39, 0.29) is 12.1 Å². The van der Waals surface area contributed by atoms with Crippen LogP contribution in [0.1, 0.15) is 12.8 Å². The Morgan fingerprint density at radius 2 is 1.82 bits per heavy atom. The highest BCUT2D eigenvalue weighted by atomic mass is 16.2. The van der Waals surface area contributed by atoms with Crippen molar-refractivity contribution in [1.29, 1.82) is 0 Å². The maximum atomic E-state index is 12.1. The van der Waals surface area contributed by atoms with Crippen LogP contribution >= 0.6 is 0 Å². The van der Waals surface area contributed by atoms with Crippen LogP contribution in [-0.2, 0) is 0 Å². The maximum Gasteiger partial charge on any atom is 0.319 e. The molecular weight excluding hydrogens is 350 g/mol. The van der Waals surface area contributed by atoms with Crippen LogP contribution in [0.4, 0.5) is 10.7 Å². The number of piperidine rings is 1. The lowest BCUT2D eigenvalue weighted by Crippen LogP contribution is -2.46. The van der Waals surface area contributed by atoms with E-state index in [1.807, 2.05) is 23.1 Å². The predicted octanol–water partition coefficient (Wildman–Crippen LogP) is 3.85. The molecule has 0 bridgehead atoms. The van der Waals surface area contributed by atoms with Crippen molar-refractivity contribution in [2.24, 2.45) is 0 Å². The van der Waals surface area contributed by atoms with Gasteiger partial charge in [0.05, 0.1) is 5.69 Å². The molecule has 0 unspecified atom stereocenters. The molecule has 1 aliphatic heterocycles. The van der Waals surface area contributed by atoms with Gasteiger partial charge in [0.25, 0.3) is 0 Å². The number of rotatable bonds is 3. The van der Waals surface area contributed by atoms with Crippen molar-refractivity contribution in [1.82, 2.24) is 19.8 Å². The van der Waals surface area contributed by atoms with Gasteiger partial charge in [-0.1, -0.05) is 36.4 Å². The van der Waals surface area contributed by atoms with Crippen LogP contribution < -0.4 is 5.32 Å². The minimum Gasteiger partial charge on any atom is -0.351 e. The Kier molecular flexibility index (Phi) is 5.10. The number of carbonyl (C=O) groups excluding carboxylic acids is 1. The van der Waals surface area contributed by atoms with Gasteiger partial charge < -0.3 is 15.1 Å². The zero-order valence-electron chi connectivity index (χ0n) is 16.3. The number of anilines is 1. The van der Waals surface area contributed by atoms with E-state index in [4.69, 9.17) is 4.98 Å². The predicted molar refractivity (Wildman–Crippen MR) is 112 cm³/mol. The van der Waals surface area contributed by atoms with Crippen molar-refractivity contribution in [3.63, 3.8) is 0 Å². The van der Waals surface area contributed by atoms with Gasteiger partial charge in [0.2, 0.25) is 5.95 Å². The fourth-order valence-electron chi connectivity index (χ4n) is 3.62. The number of fused-ring (bicyclic) bond motifs is 1. The number of aromatic nitrogens is 2. The average Bonchev–Trinajstić information content (AvgIpc) is 2.73. The van der Waals surface area contributed by atoms with Crippen LogP contribution in [0.15, 0.2) is 54.7 Å². The normalized spacial score (nSPS) is 14.9. The number of urea groups is 1. The lowest BCUT2D eigenvalue weighted by atomic mass is 10.0. The third-order valence-corrected chi connectivity index (χ3v) is 5.18. The third-order valence-electron chi connectivity index (χ3n) is 5.18. The zero-order chi connectivity index (χ0) is 19.5. The molecule has 0 atom stereocenters. The second kappa shape index (κ2) is 7.84. The van der Waals surface area contributed by atoms with Crippen LogP contribution in [0.25, 0.3) is 22.0 Å². The Labute approximate surface area is 165 Å². The number of hydrogen-bond acceptors (Lipinski definition) is 4. The second-order valence-electron chi connectivity index (χ2n) is 7.41. The summed E-state index contributed by atoms with van der Waals surface area (Å²) in [6.45, 7) is 1.50. The van der Waals surface area contributed by atoms with Crippen molar-refractivity contribution in [2.75, 3.05) is 32.5 Å². The number of likely N-dealkylation sites (tertiary alicyclic amines) is 1. The molecule has 1 aromatic heterocycles. The fourth-order valence-corrected chi connectivity index (χ4v) is 3.62. The molecule has 4 rings (SSSR count). The molecule has 2 heterocycles. The van der Waals surface area contributed by atoms with E-state index in [2.05, 4.69) is 40.6 Å². The number of nitrogens with one attached hydrogen (secondary N) is 1. The molecule has 2 aromatic carbocycles. The van der Waals surface area contributed by atoms with Crippen LogP contribution in [0.3, 0.4) is 0 Å². The second-order valence-corrected chi connectivity index (χ2v) is 7.41. The molecule has 28 heavy (non-hydrogen) atoms. The van der Waals surface area contributed by atoms with E-state index in [0.29, 0.717) is 5.95 Å². The molecule has 6 nitrogen and oxygen atoms in total. The largest absolute Gasteiger partial charge is 0.351 e. The molecule has 0 aliphatic carbocycles. The summed E-state index contributed by atoms with van der Waals surface area (Å²) < 4.78 is 0. The van der Waals surface area contributed by atoms with Crippen molar-refractivity contribution in [3.8, 4) is 11.3 Å². The summed E-state index contributed by atoms with van der Waals surface area (Å²) in [5.41, 5.74) is 1.99. The number of hydrogen-bond donors (Lipinski definition) is 1. The quantitative estimate of drug-likeness (QED) is 0.755. The molecule has 1 N–H and O–H groups in total. The molecule has 0 saturated carbocycles. The summed E-state index contributed by atoms with van der Waals surface area (Å²) in [5.74, 6) is 0.642. The molecule has 144 valence electrons. The maximum absolute atomic E-state index is 12.1. The highest BCUT2D eigenvalue weighted by Crippen LogP contribution is 2.24. The lowest BCUT2D eigenvalue weighted by Gasteiger charge is -2.33.